The number of hydrogen-bond donors (Lipinski definition) is 7. The van der Waals surface area contributed by atoms with Gasteiger partial charge >= 0.3 is 5.97 Å². The molecule has 0 aromatic heterocycles. The number of benzene rings is 1. The molecule has 1 aromatic rings. The molecule has 0 aliphatic carbocycles. The number of carbonyl (C=O) groups is 5. The minimum atomic E-state index is -1.30. The fraction of sp³-hybridized carbons (Fsp3) is 0.560. The minimum absolute atomic E-state index is 0.0207. The number of primary amides is 1. The van der Waals surface area contributed by atoms with Crippen LogP contribution in [0, 0.1) is 5.92 Å². The van der Waals surface area contributed by atoms with E-state index in [2.05, 4.69) is 16.0 Å². The summed E-state index contributed by atoms with van der Waals surface area (Å²) in [6.07, 6.45) is 2.39. The van der Waals surface area contributed by atoms with Crippen LogP contribution >= 0.6 is 11.8 Å². The number of carboxylic acid groups (broad SMARTS) is 1. The Morgan fingerprint density at radius 3 is 2.08 bits per heavy atom. The Hall–Kier alpha value is -3.32. The van der Waals surface area contributed by atoms with Gasteiger partial charge < -0.3 is 37.6 Å². The van der Waals surface area contributed by atoms with Crippen molar-refractivity contribution in [2.24, 2.45) is 17.4 Å². The predicted molar refractivity (Wildman–Crippen MR) is 144 cm³/mol. The predicted octanol–water partition coefficient (Wildman–Crippen LogP) is -0.134. The smallest absolute Gasteiger partial charge is 0.326 e. The van der Waals surface area contributed by atoms with Crippen LogP contribution in [0.15, 0.2) is 24.3 Å². The average molecular weight is 554 g/mol. The molecule has 0 spiro atoms. The molecule has 0 radical (unpaired) electrons. The van der Waals surface area contributed by atoms with Gasteiger partial charge in [0, 0.05) is 12.8 Å². The summed E-state index contributed by atoms with van der Waals surface area (Å²) in [5.41, 5.74) is 11.7. The van der Waals surface area contributed by atoms with E-state index in [0.717, 1.165) is 0 Å². The Bertz CT molecular complexity index is 960. The average Bonchev–Trinajstić information content (AvgIpc) is 2.87. The van der Waals surface area contributed by atoms with Crippen LogP contribution in [-0.2, 0) is 30.4 Å². The summed E-state index contributed by atoms with van der Waals surface area (Å²) in [5.74, 6) is -3.68. The highest BCUT2D eigenvalue weighted by atomic mass is 32.2. The molecule has 1 aromatic carbocycles. The van der Waals surface area contributed by atoms with Crippen LogP contribution in [0.25, 0.3) is 0 Å². The summed E-state index contributed by atoms with van der Waals surface area (Å²) in [4.78, 5) is 62.1. The fourth-order valence-corrected chi connectivity index (χ4v) is 3.98. The largest absolute Gasteiger partial charge is 0.508 e. The molecule has 0 fully saturated rings. The zero-order valence-corrected chi connectivity index (χ0v) is 22.8. The monoisotopic (exact) mass is 553 g/mol. The number of aromatic hydroxyl groups is 1. The van der Waals surface area contributed by atoms with E-state index >= 15 is 0 Å². The third-order valence-electron chi connectivity index (χ3n) is 6.07. The maximum atomic E-state index is 13.2. The Labute approximate surface area is 226 Å². The molecule has 212 valence electrons. The summed E-state index contributed by atoms with van der Waals surface area (Å²) >= 11 is 1.51. The van der Waals surface area contributed by atoms with Crippen LogP contribution in [0.3, 0.4) is 0 Å². The number of phenolic OH excluding ortho intramolecular Hbond substituents is 1. The summed E-state index contributed by atoms with van der Waals surface area (Å²) in [6.45, 7) is 3.52. The Kier molecular flexibility index (Phi) is 14.2. The van der Waals surface area contributed by atoms with Crippen LogP contribution < -0.4 is 27.4 Å². The van der Waals surface area contributed by atoms with Crippen molar-refractivity contribution in [3.63, 3.8) is 0 Å². The SMILES string of the molecule is CCC(C)C(NC(=O)C(CCC(N)=O)NC(=O)C(N)CCSC)C(=O)NC(Cc1ccc(O)cc1)C(=O)O. The van der Waals surface area contributed by atoms with E-state index in [9.17, 15) is 34.2 Å². The van der Waals surface area contributed by atoms with Crippen LogP contribution in [0.4, 0.5) is 0 Å². The summed E-state index contributed by atoms with van der Waals surface area (Å²) < 4.78 is 0. The highest BCUT2D eigenvalue weighted by Gasteiger charge is 2.33. The van der Waals surface area contributed by atoms with E-state index in [4.69, 9.17) is 11.5 Å². The van der Waals surface area contributed by atoms with Crippen molar-refractivity contribution in [2.75, 3.05) is 12.0 Å². The molecule has 38 heavy (non-hydrogen) atoms. The number of carboxylic acids is 1. The van der Waals surface area contributed by atoms with Crippen molar-refractivity contribution in [3.8, 4) is 5.75 Å². The lowest BCUT2D eigenvalue weighted by atomic mass is 9.96. The molecule has 1 rings (SSSR count). The van der Waals surface area contributed by atoms with E-state index < -0.39 is 59.7 Å². The first kappa shape index (κ1) is 32.7. The first-order valence-electron chi connectivity index (χ1n) is 12.3. The van der Waals surface area contributed by atoms with Crippen molar-refractivity contribution in [2.45, 2.75) is 70.1 Å². The Morgan fingerprint density at radius 1 is 0.947 bits per heavy atom. The van der Waals surface area contributed by atoms with Gasteiger partial charge in [0.2, 0.25) is 23.6 Å². The number of phenols is 1. The summed E-state index contributed by atoms with van der Waals surface area (Å²) in [6, 6.07) is 1.45. The molecule has 12 nitrogen and oxygen atoms in total. The van der Waals surface area contributed by atoms with Gasteiger partial charge in [0.25, 0.3) is 0 Å². The van der Waals surface area contributed by atoms with Crippen molar-refractivity contribution < 1.29 is 34.2 Å². The molecule has 0 bridgehead atoms. The lowest BCUT2D eigenvalue weighted by Crippen LogP contribution is -2.59. The van der Waals surface area contributed by atoms with Crippen molar-refractivity contribution in [1.29, 1.82) is 0 Å². The number of thioether (sulfide) groups is 1. The highest BCUT2D eigenvalue weighted by molar-refractivity contribution is 7.98. The molecule has 0 aliphatic rings. The fourth-order valence-electron chi connectivity index (χ4n) is 3.50. The number of nitrogens with two attached hydrogens (primary N) is 2. The molecular weight excluding hydrogens is 514 g/mol. The first-order chi connectivity index (χ1) is 17.9. The third kappa shape index (κ3) is 11.4. The van der Waals surface area contributed by atoms with E-state index in [1.54, 1.807) is 26.0 Å². The lowest BCUT2D eigenvalue weighted by Gasteiger charge is -2.28. The molecule has 13 heteroatoms. The molecule has 0 saturated heterocycles. The van der Waals surface area contributed by atoms with Crippen LogP contribution in [0.1, 0.15) is 45.1 Å². The summed E-state index contributed by atoms with van der Waals surface area (Å²) in [5, 5.41) is 26.7. The number of nitrogens with one attached hydrogen (secondary N) is 3. The second-order valence-electron chi connectivity index (χ2n) is 9.10. The zero-order chi connectivity index (χ0) is 28.8. The van der Waals surface area contributed by atoms with Crippen LogP contribution in [0.2, 0.25) is 0 Å². The molecule has 5 atom stereocenters. The maximum Gasteiger partial charge on any atom is 0.326 e. The first-order valence-corrected chi connectivity index (χ1v) is 13.7. The minimum Gasteiger partial charge on any atom is -0.508 e. The Balaban J connectivity index is 3.04. The van der Waals surface area contributed by atoms with Gasteiger partial charge in [0.1, 0.15) is 23.9 Å². The van der Waals surface area contributed by atoms with Crippen LogP contribution in [-0.4, -0.2) is 76.0 Å². The molecule has 0 saturated carbocycles. The second-order valence-corrected chi connectivity index (χ2v) is 10.1. The van der Waals surface area contributed by atoms with E-state index in [0.29, 0.717) is 24.2 Å². The number of carbonyl (C=O) groups excluding carboxylic acids is 4. The quantitative estimate of drug-likeness (QED) is 0.137. The van der Waals surface area contributed by atoms with Crippen molar-refractivity contribution in [1.82, 2.24) is 16.0 Å². The topological polar surface area (TPSA) is 214 Å². The number of aliphatic carboxylic acids is 1. The van der Waals surface area contributed by atoms with Gasteiger partial charge in [-0.3, -0.25) is 19.2 Å². The van der Waals surface area contributed by atoms with Gasteiger partial charge in [-0.15, -0.1) is 0 Å². The Morgan fingerprint density at radius 2 is 1.55 bits per heavy atom. The van der Waals surface area contributed by atoms with Crippen molar-refractivity contribution in [3.05, 3.63) is 29.8 Å². The molecular formula is C25H39N5O7S. The molecule has 9 N–H and O–H groups in total. The number of hydrogen-bond acceptors (Lipinski definition) is 8. The molecule has 0 heterocycles. The highest BCUT2D eigenvalue weighted by Crippen LogP contribution is 2.13. The van der Waals surface area contributed by atoms with Crippen LogP contribution in [0.5, 0.6) is 5.75 Å². The third-order valence-corrected chi connectivity index (χ3v) is 6.71. The van der Waals surface area contributed by atoms with E-state index in [1.807, 2.05) is 6.26 Å². The second kappa shape index (κ2) is 16.5. The maximum absolute atomic E-state index is 13.2. The van der Waals surface area contributed by atoms with Crippen molar-refractivity contribution >= 4 is 41.4 Å². The molecule has 4 amide bonds. The molecule has 0 aliphatic heterocycles. The zero-order valence-electron chi connectivity index (χ0n) is 21.9. The van der Waals surface area contributed by atoms with E-state index in [-0.39, 0.29) is 25.0 Å². The van der Waals surface area contributed by atoms with Gasteiger partial charge in [-0.25, -0.2) is 4.79 Å². The lowest BCUT2D eigenvalue weighted by molar-refractivity contribution is -0.142. The van der Waals surface area contributed by atoms with Gasteiger partial charge in [0.05, 0.1) is 6.04 Å². The van der Waals surface area contributed by atoms with Gasteiger partial charge in [-0.2, -0.15) is 11.8 Å². The van der Waals surface area contributed by atoms with Gasteiger partial charge in [0.15, 0.2) is 0 Å². The standard InChI is InChI=1S/C25H39N5O7S/c1-4-14(2)21(24(35)29-19(25(36)37)13-15-5-7-16(31)8-6-15)30-23(34)18(9-10-20(27)32)28-22(33)17(26)11-12-38-3/h5-8,14,17-19,21,31H,4,9-13,26H2,1-3H3,(H2,27,32)(H,28,33)(H,29,35)(H,30,34)(H,36,37). The summed E-state index contributed by atoms with van der Waals surface area (Å²) in [7, 11) is 0. The normalized spacial score (nSPS) is 14.8. The number of amides is 4. The molecule has 5 unspecified atom stereocenters. The van der Waals surface area contributed by atoms with Gasteiger partial charge in [-0.1, -0.05) is 32.4 Å². The number of rotatable bonds is 17. The van der Waals surface area contributed by atoms with Gasteiger partial charge in [-0.05, 0) is 48.5 Å². The van der Waals surface area contributed by atoms with E-state index in [1.165, 1.54) is 23.9 Å².